The van der Waals surface area contributed by atoms with Crippen LogP contribution in [0, 0.1) is 0 Å². The van der Waals surface area contributed by atoms with Crippen LogP contribution in [0.15, 0.2) is 100 Å². The second-order valence-electron chi connectivity index (χ2n) is 9.12. The number of para-hydroxylation sites is 1. The summed E-state index contributed by atoms with van der Waals surface area (Å²) < 4.78 is 0. The number of hydrogen-bond donors (Lipinski definition) is 0. The smallest absolute Gasteiger partial charge is 0.283 e. The number of unbranched alkanes of at least 4 members (excludes halogenated alkanes) is 1. The number of carbonyl (C=O) groups is 2. The zero-order valence-corrected chi connectivity index (χ0v) is 21.4. The number of carbonyl (C=O) groups excluding carboxylic acids is 2. The molecule has 0 aliphatic carbocycles. The van der Waals surface area contributed by atoms with E-state index < -0.39 is 0 Å². The summed E-state index contributed by atoms with van der Waals surface area (Å²) in [5, 5.41) is 0. The number of piperazine rings is 1. The lowest BCUT2D eigenvalue weighted by Crippen LogP contribution is -2.47. The first-order chi connectivity index (χ1) is 17.7. The van der Waals surface area contributed by atoms with E-state index in [0.29, 0.717) is 29.4 Å². The first-order valence-corrected chi connectivity index (χ1v) is 13.5. The summed E-state index contributed by atoms with van der Waals surface area (Å²) in [6, 6.07) is 28.0. The van der Waals surface area contributed by atoms with Crippen molar-refractivity contribution in [3.05, 3.63) is 101 Å². The Balaban J connectivity index is 1.41. The Hall–Kier alpha value is -3.51. The Morgan fingerprint density at radius 2 is 1.31 bits per heavy atom. The molecule has 0 bridgehead atoms. The van der Waals surface area contributed by atoms with Gasteiger partial charge in [0, 0.05) is 36.8 Å². The van der Waals surface area contributed by atoms with Crippen LogP contribution >= 0.6 is 11.8 Å². The van der Waals surface area contributed by atoms with Gasteiger partial charge in [-0.1, -0.05) is 73.6 Å². The average molecular weight is 498 g/mol. The molecule has 2 aliphatic rings. The first kappa shape index (κ1) is 24.2. The zero-order valence-electron chi connectivity index (χ0n) is 20.6. The number of imide groups is 1. The van der Waals surface area contributed by atoms with Crippen LogP contribution in [0.3, 0.4) is 0 Å². The number of aryl methyl sites for hydroxylation is 1. The van der Waals surface area contributed by atoms with Crippen molar-refractivity contribution in [2.75, 3.05) is 36.0 Å². The van der Waals surface area contributed by atoms with Crippen molar-refractivity contribution in [3.63, 3.8) is 0 Å². The van der Waals surface area contributed by atoms with Gasteiger partial charge in [0.1, 0.15) is 10.6 Å². The number of benzene rings is 3. The lowest BCUT2D eigenvalue weighted by atomic mass is 10.1. The molecule has 3 aromatic rings. The number of hydrogen-bond acceptors (Lipinski definition) is 5. The van der Waals surface area contributed by atoms with Crippen LogP contribution in [0.2, 0.25) is 0 Å². The summed E-state index contributed by atoms with van der Waals surface area (Å²) in [6.07, 6.45) is 3.26. The van der Waals surface area contributed by atoms with Crippen LogP contribution in [0.5, 0.6) is 0 Å². The predicted molar refractivity (Wildman–Crippen MR) is 147 cm³/mol. The molecule has 1 saturated heterocycles. The van der Waals surface area contributed by atoms with Crippen molar-refractivity contribution < 1.29 is 9.59 Å². The standard InChI is InChI=1S/C30H31N3O2S/c1-2-3-10-23-15-17-25(18-16-23)33-29(34)27(28(30(33)35)36-26-13-8-5-9-14-26)32-21-19-31(20-22-32)24-11-6-4-7-12-24/h4-9,11-18H,2-3,10,19-22H2,1H3. The van der Waals surface area contributed by atoms with Gasteiger partial charge in [-0.05, 0) is 54.8 Å². The Morgan fingerprint density at radius 1 is 0.694 bits per heavy atom. The molecule has 3 aromatic carbocycles. The van der Waals surface area contributed by atoms with Gasteiger partial charge in [0.2, 0.25) is 0 Å². The summed E-state index contributed by atoms with van der Waals surface area (Å²) in [7, 11) is 0. The van der Waals surface area contributed by atoms with E-state index >= 15 is 0 Å². The van der Waals surface area contributed by atoms with Gasteiger partial charge in [-0.3, -0.25) is 9.59 Å². The third-order valence-electron chi connectivity index (χ3n) is 6.71. The summed E-state index contributed by atoms with van der Waals surface area (Å²) >= 11 is 1.39. The maximum atomic E-state index is 13.8. The second-order valence-corrected chi connectivity index (χ2v) is 10.2. The first-order valence-electron chi connectivity index (χ1n) is 12.7. The third-order valence-corrected chi connectivity index (χ3v) is 7.79. The van der Waals surface area contributed by atoms with Crippen LogP contribution in [0.4, 0.5) is 11.4 Å². The molecule has 2 heterocycles. The van der Waals surface area contributed by atoms with Crippen LogP contribution in [-0.4, -0.2) is 42.9 Å². The van der Waals surface area contributed by atoms with Gasteiger partial charge in [-0.15, -0.1) is 0 Å². The molecule has 5 rings (SSSR count). The molecule has 0 radical (unpaired) electrons. The van der Waals surface area contributed by atoms with Crippen LogP contribution in [0.1, 0.15) is 25.3 Å². The molecule has 2 aliphatic heterocycles. The highest BCUT2D eigenvalue weighted by atomic mass is 32.2. The fourth-order valence-electron chi connectivity index (χ4n) is 4.73. The molecular formula is C30H31N3O2S. The molecule has 0 N–H and O–H groups in total. The van der Waals surface area contributed by atoms with Crippen molar-refractivity contribution >= 4 is 35.0 Å². The normalized spacial score (nSPS) is 16.3. The molecular weight excluding hydrogens is 466 g/mol. The minimum atomic E-state index is -0.240. The van der Waals surface area contributed by atoms with Crippen LogP contribution in [0.25, 0.3) is 0 Å². The number of rotatable bonds is 8. The van der Waals surface area contributed by atoms with Crippen molar-refractivity contribution in [2.24, 2.45) is 0 Å². The van der Waals surface area contributed by atoms with Gasteiger partial charge < -0.3 is 9.80 Å². The molecule has 0 atom stereocenters. The monoisotopic (exact) mass is 497 g/mol. The number of nitrogens with zero attached hydrogens (tertiary/aromatic N) is 3. The highest BCUT2D eigenvalue weighted by Crippen LogP contribution is 2.39. The van der Waals surface area contributed by atoms with E-state index in [2.05, 4.69) is 28.9 Å². The van der Waals surface area contributed by atoms with Crippen molar-refractivity contribution in [1.82, 2.24) is 4.90 Å². The molecule has 184 valence electrons. The zero-order chi connectivity index (χ0) is 24.9. The Morgan fingerprint density at radius 3 is 1.94 bits per heavy atom. The minimum absolute atomic E-state index is 0.229. The Labute approximate surface area is 217 Å². The van der Waals surface area contributed by atoms with Crippen LogP contribution < -0.4 is 9.80 Å². The Kier molecular flexibility index (Phi) is 7.42. The second kappa shape index (κ2) is 11.0. The average Bonchev–Trinajstić information content (AvgIpc) is 3.17. The van der Waals surface area contributed by atoms with Gasteiger partial charge in [0.25, 0.3) is 11.8 Å². The number of anilines is 2. The van der Waals surface area contributed by atoms with E-state index in [1.54, 1.807) is 0 Å². The van der Waals surface area contributed by atoms with E-state index in [-0.39, 0.29) is 11.8 Å². The molecule has 36 heavy (non-hydrogen) atoms. The molecule has 2 amide bonds. The highest BCUT2D eigenvalue weighted by Gasteiger charge is 2.43. The maximum Gasteiger partial charge on any atom is 0.283 e. The fraction of sp³-hybridized carbons (Fsp3) is 0.267. The van der Waals surface area contributed by atoms with E-state index in [1.807, 2.05) is 72.8 Å². The van der Waals surface area contributed by atoms with E-state index in [0.717, 1.165) is 37.2 Å². The predicted octanol–water partition coefficient (Wildman–Crippen LogP) is 5.73. The quantitative estimate of drug-likeness (QED) is 0.372. The minimum Gasteiger partial charge on any atom is -0.368 e. The molecule has 0 unspecified atom stereocenters. The molecule has 0 spiro atoms. The largest absolute Gasteiger partial charge is 0.368 e. The van der Waals surface area contributed by atoms with E-state index in [1.165, 1.54) is 27.9 Å². The van der Waals surface area contributed by atoms with Gasteiger partial charge in [0.05, 0.1) is 5.69 Å². The summed E-state index contributed by atoms with van der Waals surface area (Å²) in [5.74, 6) is -0.469. The van der Waals surface area contributed by atoms with E-state index in [9.17, 15) is 9.59 Å². The van der Waals surface area contributed by atoms with Gasteiger partial charge in [-0.2, -0.15) is 0 Å². The van der Waals surface area contributed by atoms with Gasteiger partial charge in [-0.25, -0.2) is 4.90 Å². The van der Waals surface area contributed by atoms with Crippen molar-refractivity contribution in [1.29, 1.82) is 0 Å². The topological polar surface area (TPSA) is 43.9 Å². The number of amides is 2. The highest BCUT2D eigenvalue weighted by molar-refractivity contribution is 8.04. The van der Waals surface area contributed by atoms with E-state index in [4.69, 9.17) is 0 Å². The summed E-state index contributed by atoms with van der Waals surface area (Å²) in [4.78, 5) is 34.7. The Bertz CT molecular complexity index is 1230. The molecule has 6 heteroatoms. The van der Waals surface area contributed by atoms with Gasteiger partial charge in [0.15, 0.2) is 0 Å². The molecule has 1 fully saturated rings. The van der Waals surface area contributed by atoms with Crippen LogP contribution in [-0.2, 0) is 16.0 Å². The lowest BCUT2D eigenvalue weighted by Gasteiger charge is -2.37. The SMILES string of the molecule is CCCCc1ccc(N2C(=O)C(Sc3ccccc3)=C(N3CCN(c4ccccc4)CC3)C2=O)cc1. The molecule has 0 aromatic heterocycles. The third kappa shape index (κ3) is 5.05. The number of thioether (sulfide) groups is 1. The van der Waals surface area contributed by atoms with Crippen molar-refractivity contribution in [2.45, 2.75) is 31.1 Å². The van der Waals surface area contributed by atoms with Gasteiger partial charge >= 0.3 is 0 Å². The lowest BCUT2D eigenvalue weighted by molar-refractivity contribution is -0.121. The molecule has 0 saturated carbocycles. The molecule has 5 nitrogen and oxygen atoms in total. The maximum absolute atomic E-state index is 13.8. The van der Waals surface area contributed by atoms with Crippen molar-refractivity contribution in [3.8, 4) is 0 Å². The fourth-order valence-corrected chi connectivity index (χ4v) is 5.75. The summed E-state index contributed by atoms with van der Waals surface area (Å²) in [6.45, 7) is 5.14. The summed E-state index contributed by atoms with van der Waals surface area (Å²) in [5.41, 5.74) is 3.57.